The van der Waals surface area contributed by atoms with Crippen LogP contribution >= 0.6 is 0 Å². The van der Waals surface area contributed by atoms with Crippen LogP contribution in [0.25, 0.3) is 10.9 Å². The van der Waals surface area contributed by atoms with Crippen molar-refractivity contribution in [1.82, 2.24) is 24.8 Å². The molecule has 3 aromatic rings. The lowest BCUT2D eigenvalue weighted by Crippen LogP contribution is -2.38. The largest absolute Gasteiger partial charge is 0.368 e. The summed E-state index contributed by atoms with van der Waals surface area (Å²) in [6, 6.07) is 10.6. The molecule has 0 bridgehead atoms. The summed E-state index contributed by atoms with van der Waals surface area (Å²) < 4.78 is 5.96. The second kappa shape index (κ2) is 7.53. The second-order valence-corrected chi connectivity index (χ2v) is 7.16. The average molecular weight is 351 g/mol. The molecule has 6 heteroatoms. The zero-order valence-electron chi connectivity index (χ0n) is 15.4. The van der Waals surface area contributed by atoms with Crippen LogP contribution < -0.4 is 0 Å². The summed E-state index contributed by atoms with van der Waals surface area (Å²) in [4.78, 5) is 16.9. The van der Waals surface area contributed by atoms with Crippen LogP contribution in [0, 0.1) is 0 Å². The molecule has 1 atom stereocenters. The fourth-order valence-corrected chi connectivity index (χ4v) is 3.45. The highest BCUT2D eigenvalue weighted by atomic mass is 16.5. The summed E-state index contributed by atoms with van der Waals surface area (Å²) in [6.45, 7) is 4.28. The first kappa shape index (κ1) is 17.1. The van der Waals surface area contributed by atoms with Crippen LogP contribution in [0.4, 0.5) is 0 Å². The molecule has 0 aliphatic carbocycles. The molecule has 136 valence electrons. The van der Waals surface area contributed by atoms with Gasteiger partial charge in [0.2, 0.25) is 0 Å². The van der Waals surface area contributed by atoms with Gasteiger partial charge in [0.15, 0.2) is 0 Å². The van der Waals surface area contributed by atoms with Gasteiger partial charge < -0.3 is 14.6 Å². The third kappa shape index (κ3) is 3.93. The van der Waals surface area contributed by atoms with E-state index in [0.29, 0.717) is 0 Å². The van der Waals surface area contributed by atoms with Crippen molar-refractivity contribution >= 4 is 10.9 Å². The third-order valence-corrected chi connectivity index (χ3v) is 4.66. The van der Waals surface area contributed by atoms with Crippen LogP contribution in [0.15, 0.2) is 42.7 Å². The molecule has 1 aliphatic heterocycles. The highest BCUT2D eigenvalue weighted by molar-refractivity contribution is 5.78. The van der Waals surface area contributed by atoms with Crippen molar-refractivity contribution in [3.05, 3.63) is 59.8 Å². The van der Waals surface area contributed by atoms with E-state index in [1.165, 1.54) is 10.9 Å². The van der Waals surface area contributed by atoms with Gasteiger partial charge in [-0.25, -0.2) is 4.98 Å². The number of nitrogens with one attached hydrogen (secondary N) is 1. The van der Waals surface area contributed by atoms with Crippen molar-refractivity contribution in [2.24, 2.45) is 0 Å². The summed E-state index contributed by atoms with van der Waals surface area (Å²) in [5.74, 6) is 0.925. The van der Waals surface area contributed by atoms with Gasteiger partial charge >= 0.3 is 0 Å². The van der Waals surface area contributed by atoms with Crippen molar-refractivity contribution in [3.63, 3.8) is 0 Å². The Morgan fingerprint density at radius 2 is 2.19 bits per heavy atom. The molecular formula is C20H25N5O. The molecule has 0 spiro atoms. The van der Waals surface area contributed by atoms with Crippen molar-refractivity contribution in [1.29, 1.82) is 0 Å². The number of hydrogen-bond acceptors (Lipinski definition) is 5. The monoisotopic (exact) mass is 351 g/mol. The predicted octanol–water partition coefficient (Wildman–Crippen LogP) is 2.59. The molecule has 1 aromatic carbocycles. The van der Waals surface area contributed by atoms with Crippen LogP contribution in [0.1, 0.15) is 23.2 Å². The molecule has 1 saturated heterocycles. The van der Waals surface area contributed by atoms with Gasteiger partial charge in [0.05, 0.1) is 12.1 Å². The van der Waals surface area contributed by atoms with Crippen LogP contribution in [0.5, 0.6) is 0 Å². The van der Waals surface area contributed by atoms with E-state index in [1.54, 1.807) is 0 Å². The molecule has 0 saturated carbocycles. The van der Waals surface area contributed by atoms with Crippen LogP contribution in [0.3, 0.4) is 0 Å². The first-order valence-electron chi connectivity index (χ1n) is 9.03. The highest BCUT2D eigenvalue weighted by Gasteiger charge is 2.24. The predicted molar refractivity (Wildman–Crippen MR) is 102 cm³/mol. The maximum atomic E-state index is 5.96. The van der Waals surface area contributed by atoms with E-state index in [0.717, 1.165) is 49.8 Å². The number of aromatic nitrogens is 3. The molecule has 1 fully saturated rings. The first-order chi connectivity index (χ1) is 12.7. The fraction of sp³-hybridized carbons (Fsp3) is 0.400. The number of aromatic amines is 1. The number of fused-ring (bicyclic) bond motifs is 1. The fourth-order valence-electron chi connectivity index (χ4n) is 3.45. The minimum Gasteiger partial charge on any atom is -0.368 e. The highest BCUT2D eigenvalue weighted by Crippen LogP contribution is 2.22. The molecular weight excluding hydrogens is 326 g/mol. The van der Waals surface area contributed by atoms with E-state index in [4.69, 9.17) is 4.74 Å². The standard InChI is InChI=1S/C20H25N5O/c1-24(2)13-17-11-22-20(23-17)19-14-25(8-9-26-19)12-15-5-6-18-16(10-15)4-3-7-21-18/h3-7,10-11,19H,8-9,12-14H2,1-2H3,(H,22,23)/t19-/m1/s1. The Morgan fingerprint density at radius 1 is 1.27 bits per heavy atom. The van der Waals surface area contributed by atoms with Crippen LogP contribution in [0.2, 0.25) is 0 Å². The lowest BCUT2D eigenvalue weighted by atomic mass is 10.1. The van der Waals surface area contributed by atoms with E-state index >= 15 is 0 Å². The van der Waals surface area contributed by atoms with Crippen molar-refractivity contribution in [2.75, 3.05) is 33.8 Å². The zero-order valence-corrected chi connectivity index (χ0v) is 15.4. The smallest absolute Gasteiger partial charge is 0.136 e. The summed E-state index contributed by atoms with van der Waals surface area (Å²) >= 11 is 0. The molecule has 6 nitrogen and oxygen atoms in total. The molecule has 0 radical (unpaired) electrons. The molecule has 3 heterocycles. The summed E-state index contributed by atoms with van der Waals surface area (Å²) in [5, 5.41) is 1.19. The molecule has 2 aromatic heterocycles. The van der Waals surface area contributed by atoms with E-state index in [1.807, 2.05) is 18.5 Å². The Bertz CT molecular complexity index is 875. The molecule has 0 amide bonds. The molecule has 26 heavy (non-hydrogen) atoms. The van der Waals surface area contributed by atoms with Gasteiger partial charge in [-0.3, -0.25) is 9.88 Å². The Balaban J connectivity index is 1.43. The number of imidazole rings is 1. The van der Waals surface area contributed by atoms with Crippen molar-refractivity contribution < 1.29 is 4.74 Å². The second-order valence-electron chi connectivity index (χ2n) is 7.16. The topological polar surface area (TPSA) is 57.3 Å². The lowest BCUT2D eigenvalue weighted by Gasteiger charge is -2.32. The maximum absolute atomic E-state index is 5.96. The summed E-state index contributed by atoms with van der Waals surface area (Å²) in [5.41, 5.74) is 3.46. The maximum Gasteiger partial charge on any atom is 0.136 e. The number of nitrogens with zero attached hydrogens (tertiary/aromatic N) is 4. The number of pyridine rings is 1. The average Bonchev–Trinajstić information content (AvgIpc) is 3.10. The SMILES string of the molecule is CN(C)Cc1cnc([C@H]2CN(Cc3ccc4ncccc4c3)CCO2)[nH]1. The van der Waals surface area contributed by atoms with Gasteiger partial charge in [0.25, 0.3) is 0 Å². The summed E-state index contributed by atoms with van der Waals surface area (Å²) in [6.07, 6.45) is 3.75. The zero-order chi connectivity index (χ0) is 17.9. The molecule has 0 unspecified atom stereocenters. The Hall–Kier alpha value is -2.28. The molecule has 4 rings (SSSR count). The van der Waals surface area contributed by atoms with E-state index in [9.17, 15) is 0 Å². The number of benzene rings is 1. The van der Waals surface area contributed by atoms with E-state index in [2.05, 4.69) is 63.1 Å². The van der Waals surface area contributed by atoms with Crippen LogP contribution in [-0.2, 0) is 17.8 Å². The number of ether oxygens (including phenoxy) is 1. The quantitative estimate of drug-likeness (QED) is 0.766. The molecule has 1 N–H and O–H groups in total. The van der Waals surface area contributed by atoms with Crippen molar-refractivity contribution in [2.45, 2.75) is 19.2 Å². The normalized spacial score (nSPS) is 18.7. The van der Waals surface area contributed by atoms with Gasteiger partial charge in [-0.2, -0.15) is 0 Å². The minimum absolute atomic E-state index is 0.00165. The van der Waals surface area contributed by atoms with Gasteiger partial charge in [-0.05, 0) is 37.9 Å². The lowest BCUT2D eigenvalue weighted by molar-refractivity contribution is -0.0368. The van der Waals surface area contributed by atoms with Gasteiger partial charge in [-0.1, -0.05) is 12.1 Å². The summed E-state index contributed by atoms with van der Waals surface area (Å²) in [7, 11) is 4.11. The van der Waals surface area contributed by atoms with Gasteiger partial charge in [0, 0.05) is 49.7 Å². The Morgan fingerprint density at radius 3 is 3.08 bits per heavy atom. The Labute approximate surface area is 153 Å². The van der Waals surface area contributed by atoms with E-state index in [-0.39, 0.29) is 6.10 Å². The van der Waals surface area contributed by atoms with Gasteiger partial charge in [0.1, 0.15) is 11.9 Å². The van der Waals surface area contributed by atoms with Crippen molar-refractivity contribution in [3.8, 4) is 0 Å². The Kier molecular flexibility index (Phi) is 4.97. The number of morpholine rings is 1. The third-order valence-electron chi connectivity index (χ3n) is 4.66. The number of H-pyrrole nitrogens is 1. The number of rotatable bonds is 5. The molecule has 1 aliphatic rings. The van der Waals surface area contributed by atoms with E-state index < -0.39 is 0 Å². The van der Waals surface area contributed by atoms with Crippen LogP contribution in [-0.4, -0.2) is 58.5 Å². The first-order valence-corrected chi connectivity index (χ1v) is 9.03. The number of hydrogen-bond donors (Lipinski definition) is 1. The van der Waals surface area contributed by atoms with Gasteiger partial charge in [-0.15, -0.1) is 0 Å². The minimum atomic E-state index is 0.00165.